The number of carbonyl (C=O) groups excluding carboxylic acids is 2. The summed E-state index contributed by atoms with van der Waals surface area (Å²) in [6.45, 7) is 5.83. The number of anilines is 1. The standard InChI is InChI=1S/C19H27N3O2S/c1-15-3-2-4-17(13-15)20-18(23)14-21-7-5-16(6-8-21)19(24)22-9-11-25-12-10-22/h2-4,13,16H,5-12,14H2,1H3,(H,20,23). The van der Waals surface area contributed by atoms with Crippen molar-refractivity contribution < 1.29 is 9.59 Å². The first kappa shape index (κ1) is 18.3. The van der Waals surface area contributed by atoms with Gasteiger partial charge in [-0.15, -0.1) is 0 Å². The molecule has 0 unspecified atom stereocenters. The number of hydrogen-bond acceptors (Lipinski definition) is 4. The summed E-state index contributed by atoms with van der Waals surface area (Å²) in [6, 6.07) is 7.84. The van der Waals surface area contributed by atoms with Crippen LogP contribution in [0, 0.1) is 12.8 Å². The summed E-state index contributed by atoms with van der Waals surface area (Å²) in [7, 11) is 0. The van der Waals surface area contributed by atoms with E-state index in [1.165, 1.54) is 0 Å². The van der Waals surface area contributed by atoms with Crippen LogP contribution < -0.4 is 5.32 Å². The Morgan fingerprint density at radius 1 is 1.16 bits per heavy atom. The number of piperidine rings is 1. The molecular weight excluding hydrogens is 334 g/mol. The lowest BCUT2D eigenvalue weighted by Gasteiger charge is -2.35. The zero-order valence-corrected chi connectivity index (χ0v) is 15.7. The van der Waals surface area contributed by atoms with Crippen LogP contribution in [0.1, 0.15) is 18.4 Å². The van der Waals surface area contributed by atoms with Gasteiger partial charge < -0.3 is 10.2 Å². The first-order valence-corrected chi connectivity index (χ1v) is 10.2. The molecule has 2 aliphatic rings. The zero-order valence-electron chi connectivity index (χ0n) is 14.9. The predicted octanol–water partition coefficient (Wildman–Crippen LogP) is 2.22. The van der Waals surface area contributed by atoms with Gasteiger partial charge in [-0.2, -0.15) is 11.8 Å². The minimum Gasteiger partial charge on any atom is -0.341 e. The SMILES string of the molecule is Cc1cccc(NC(=O)CN2CCC(C(=O)N3CCSCC3)CC2)c1. The highest BCUT2D eigenvalue weighted by molar-refractivity contribution is 7.99. The molecule has 0 saturated carbocycles. The van der Waals surface area contributed by atoms with Crippen molar-refractivity contribution in [3.05, 3.63) is 29.8 Å². The van der Waals surface area contributed by atoms with Gasteiger partial charge in [-0.05, 0) is 50.6 Å². The molecule has 0 radical (unpaired) electrons. The largest absolute Gasteiger partial charge is 0.341 e. The Hall–Kier alpha value is -1.53. The van der Waals surface area contributed by atoms with Crippen molar-refractivity contribution in [2.45, 2.75) is 19.8 Å². The van der Waals surface area contributed by atoms with E-state index in [1.54, 1.807) is 0 Å². The van der Waals surface area contributed by atoms with Crippen LogP contribution in [0.15, 0.2) is 24.3 Å². The monoisotopic (exact) mass is 361 g/mol. The molecule has 0 aromatic heterocycles. The summed E-state index contributed by atoms with van der Waals surface area (Å²) in [5.74, 6) is 2.60. The van der Waals surface area contributed by atoms with E-state index in [-0.39, 0.29) is 11.8 Å². The van der Waals surface area contributed by atoms with Crippen molar-refractivity contribution in [1.29, 1.82) is 0 Å². The molecule has 2 aliphatic heterocycles. The maximum absolute atomic E-state index is 12.6. The van der Waals surface area contributed by atoms with Crippen LogP contribution in [-0.4, -0.2) is 65.8 Å². The third-order valence-corrected chi connectivity index (χ3v) is 5.87. The van der Waals surface area contributed by atoms with Crippen LogP contribution in [0.3, 0.4) is 0 Å². The van der Waals surface area contributed by atoms with Gasteiger partial charge in [0.05, 0.1) is 6.54 Å². The van der Waals surface area contributed by atoms with E-state index in [4.69, 9.17) is 0 Å². The highest BCUT2D eigenvalue weighted by Gasteiger charge is 2.29. The number of aryl methyl sites for hydroxylation is 1. The van der Waals surface area contributed by atoms with Gasteiger partial charge in [0.1, 0.15) is 0 Å². The van der Waals surface area contributed by atoms with Gasteiger partial charge in [0.25, 0.3) is 0 Å². The molecule has 6 heteroatoms. The summed E-state index contributed by atoms with van der Waals surface area (Å²) < 4.78 is 0. The molecule has 136 valence electrons. The van der Waals surface area contributed by atoms with E-state index in [2.05, 4.69) is 10.2 Å². The molecule has 0 aliphatic carbocycles. The third kappa shape index (κ3) is 5.22. The fraction of sp³-hybridized carbons (Fsp3) is 0.579. The first-order valence-electron chi connectivity index (χ1n) is 9.07. The highest BCUT2D eigenvalue weighted by Crippen LogP contribution is 2.21. The molecule has 1 aromatic carbocycles. The molecule has 2 heterocycles. The van der Waals surface area contributed by atoms with Crippen molar-refractivity contribution in [2.24, 2.45) is 5.92 Å². The Morgan fingerprint density at radius 2 is 1.88 bits per heavy atom. The van der Waals surface area contributed by atoms with Crippen molar-refractivity contribution in [3.63, 3.8) is 0 Å². The molecule has 25 heavy (non-hydrogen) atoms. The molecule has 5 nitrogen and oxygen atoms in total. The average molecular weight is 362 g/mol. The van der Waals surface area contributed by atoms with Crippen LogP contribution in [-0.2, 0) is 9.59 Å². The second-order valence-electron chi connectivity index (χ2n) is 6.91. The lowest BCUT2D eigenvalue weighted by Crippen LogP contribution is -2.46. The topological polar surface area (TPSA) is 52.7 Å². The van der Waals surface area contributed by atoms with Gasteiger partial charge in [-0.3, -0.25) is 14.5 Å². The zero-order chi connectivity index (χ0) is 17.6. The molecule has 3 rings (SSSR count). The van der Waals surface area contributed by atoms with E-state index in [9.17, 15) is 9.59 Å². The second kappa shape index (κ2) is 8.72. The maximum atomic E-state index is 12.6. The van der Waals surface area contributed by atoms with Gasteiger partial charge >= 0.3 is 0 Å². The predicted molar refractivity (Wildman–Crippen MR) is 103 cm³/mol. The molecule has 0 atom stereocenters. The number of rotatable bonds is 4. The number of carbonyl (C=O) groups is 2. The number of nitrogens with one attached hydrogen (secondary N) is 1. The number of thioether (sulfide) groups is 1. The van der Waals surface area contributed by atoms with Gasteiger partial charge in [0.2, 0.25) is 11.8 Å². The van der Waals surface area contributed by atoms with Crippen LogP contribution in [0.4, 0.5) is 5.69 Å². The van der Waals surface area contributed by atoms with Gasteiger partial charge in [-0.25, -0.2) is 0 Å². The minimum absolute atomic E-state index is 0.0171. The lowest BCUT2D eigenvalue weighted by molar-refractivity contribution is -0.136. The fourth-order valence-corrected chi connectivity index (χ4v) is 4.41. The molecule has 2 fully saturated rings. The maximum Gasteiger partial charge on any atom is 0.238 e. The quantitative estimate of drug-likeness (QED) is 0.893. The van der Waals surface area contributed by atoms with Crippen molar-refractivity contribution in [3.8, 4) is 0 Å². The molecule has 0 bridgehead atoms. The Balaban J connectivity index is 1.42. The Morgan fingerprint density at radius 3 is 2.56 bits per heavy atom. The average Bonchev–Trinajstić information content (AvgIpc) is 2.62. The van der Waals surface area contributed by atoms with Gasteiger partial charge in [0.15, 0.2) is 0 Å². The summed E-state index contributed by atoms with van der Waals surface area (Å²) in [5.41, 5.74) is 1.98. The summed E-state index contributed by atoms with van der Waals surface area (Å²) in [6.07, 6.45) is 1.72. The van der Waals surface area contributed by atoms with Crippen LogP contribution in [0.5, 0.6) is 0 Å². The van der Waals surface area contributed by atoms with Crippen LogP contribution in [0.25, 0.3) is 0 Å². The number of likely N-dealkylation sites (tertiary alicyclic amines) is 1. The van der Waals surface area contributed by atoms with Crippen molar-refractivity contribution in [2.75, 3.05) is 49.5 Å². The third-order valence-electron chi connectivity index (χ3n) is 4.93. The first-order chi connectivity index (χ1) is 12.1. The number of nitrogens with zero attached hydrogens (tertiary/aromatic N) is 2. The number of hydrogen-bond donors (Lipinski definition) is 1. The highest BCUT2D eigenvalue weighted by atomic mass is 32.2. The van der Waals surface area contributed by atoms with E-state index >= 15 is 0 Å². The number of benzene rings is 1. The summed E-state index contributed by atoms with van der Waals surface area (Å²) >= 11 is 1.92. The molecule has 0 spiro atoms. The summed E-state index contributed by atoms with van der Waals surface area (Å²) in [4.78, 5) is 29.0. The van der Waals surface area contributed by atoms with E-state index < -0.39 is 0 Å². The molecule has 1 N–H and O–H groups in total. The smallest absolute Gasteiger partial charge is 0.238 e. The minimum atomic E-state index is 0.0171. The Bertz CT molecular complexity index is 608. The van der Waals surface area contributed by atoms with Crippen LogP contribution in [0.2, 0.25) is 0 Å². The van der Waals surface area contributed by atoms with E-state index in [1.807, 2.05) is 47.9 Å². The van der Waals surface area contributed by atoms with Crippen molar-refractivity contribution in [1.82, 2.24) is 9.80 Å². The van der Waals surface area contributed by atoms with Gasteiger partial charge in [-0.1, -0.05) is 12.1 Å². The van der Waals surface area contributed by atoms with E-state index in [0.717, 1.165) is 61.8 Å². The number of amides is 2. The second-order valence-corrected chi connectivity index (χ2v) is 8.13. The lowest BCUT2D eigenvalue weighted by atomic mass is 9.95. The summed E-state index contributed by atoms with van der Waals surface area (Å²) in [5, 5.41) is 2.96. The molecule has 2 saturated heterocycles. The molecule has 2 amide bonds. The van der Waals surface area contributed by atoms with Gasteiger partial charge in [0, 0.05) is 36.2 Å². The molecular formula is C19H27N3O2S. The normalized spacial score (nSPS) is 19.6. The van der Waals surface area contributed by atoms with Crippen molar-refractivity contribution >= 4 is 29.3 Å². The molecule has 1 aromatic rings. The Kier molecular flexibility index (Phi) is 6.37. The Labute approximate surface area is 154 Å². The van der Waals surface area contributed by atoms with E-state index in [0.29, 0.717) is 12.5 Å². The fourth-order valence-electron chi connectivity index (χ4n) is 3.51. The van der Waals surface area contributed by atoms with Crippen LogP contribution >= 0.6 is 11.8 Å².